The predicted octanol–water partition coefficient (Wildman–Crippen LogP) is 5.12. The van der Waals surface area contributed by atoms with Gasteiger partial charge in [0.2, 0.25) is 0 Å². The lowest BCUT2D eigenvalue weighted by Gasteiger charge is -2.34. The van der Waals surface area contributed by atoms with Crippen LogP contribution in [0.1, 0.15) is 70.1 Å². The molecule has 0 aromatic heterocycles. The van der Waals surface area contributed by atoms with Crippen LogP contribution in [-0.2, 0) is 6.42 Å². The zero-order valence-electron chi connectivity index (χ0n) is 23.5. The van der Waals surface area contributed by atoms with Gasteiger partial charge in [0.25, 0.3) is 0 Å². The first-order valence-electron chi connectivity index (χ1n) is 14.2. The highest BCUT2D eigenvalue weighted by atomic mass is 35.5. The molecule has 7 heteroatoms. The zero-order valence-corrected chi connectivity index (χ0v) is 24.3. The van der Waals surface area contributed by atoms with Crippen molar-refractivity contribution in [1.82, 2.24) is 15.1 Å². The third kappa shape index (κ3) is 7.86. The van der Waals surface area contributed by atoms with Crippen LogP contribution >= 0.6 is 11.6 Å². The van der Waals surface area contributed by atoms with Crippen molar-refractivity contribution in [2.75, 3.05) is 33.2 Å². The maximum atomic E-state index is 11.5. The van der Waals surface area contributed by atoms with Crippen LogP contribution in [0.5, 0.6) is 5.75 Å². The molecule has 1 aliphatic carbocycles. The molecule has 0 saturated carbocycles. The zero-order chi connectivity index (χ0) is 27.3. The van der Waals surface area contributed by atoms with E-state index in [0.29, 0.717) is 18.9 Å². The van der Waals surface area contributed by atoms with Gasteiger partial charge >= 0.3 is 0 Å². The van der Waals surface area contributed by atoms with E-state index < -0.39 is 12.3 Å². The van der Waals surface area contributed by atoms with Gasteiger partial charge in [-0.25, -0.2) is 0 Å². The molecular formula is C31H46ClN3O3. The molecule has 6 nitrogen and oxygen atoms in total. The van der Waals surface area contributed by atoms with Crippen molar-refractivity contribution >= 4 is 11.6 Å². The summed E-state index contributed by atoms with van der Waals surface area (Å²) in [6.07, 6.45) is 12.3. The summed E-state index contributed by atoms with van der Waals surface area (Å²) in [5.74, 6) is 1.29. The van der Waals surface area contributed by atoms with E-state index in [-0.39, 0.29) is 11.6 Å². The Labute approximate surface area is 234 Å². The van der Waals surface area contributed by atoms with Crippen molar-refractivity contribution in [3.63, 3.8) is 0 Å². The van der Waals surface area contributed by atoms with Gasteiger partial charge in [-0.2, -0.15) is 0 Å². The van der Waals surface area contributed by atoms with E-state index in [0.717, 1.165) is 73.6 Å². The Balaban J connectivity index is 1.40. The fraction of sp³-hybridized carbons (Fsp3) is 0.613. The van der Waals surface area contributed by atoms with E-state index in [1.165, 1.54) is 5.70 Å². The molecule has 2 heterocycles. The molecule has 0 bridgehead atoms. The summed E-state index contributed by atoms with van der Waals surface area (Å²) in [4.78, 5) is 4.59. The lowest BCUT2D eigenvalue weighted by Crippen LogP contribution is -2.48. The summed E-state index contributed by atoms with van der Waals surface area (Å²) < 4.78 is 6.15. The number of nitrogens with zero attached hydrogens (tertiary/aromatic N) is 2. The average Bonchev–Trinajstić information content (AvgIpc) is 3.21. The fourth-order valence-electron chi connectivity index (χ4n) is 5.84. The number of ether oxygens (including phenoxy) is 1. The van der Waals surface area contributed by atoms with Crippen LogP contribution in [0.3, 0.4) is 0 Å². The van der Waals surface area contributed by atoms with Crippen LogP contribution in [0.4, 0.5) is 0 Å². The number of allylic oxidation sites excluding steroid dienone is 5. The van der Waals surface area contributed by atoms with Gasteiger partial charge in [0.05, 0.1) is 12.1 Å². The molecule has 2 aliphatic heterocycles. The topological polar surface area (TPSA) is 68.2 Å². The monoisotopic (exact) mass is 543 g/mol. The molecular weight excluding hydrogens is 498 g/mol. The van der Waals surface area contributed by atoms with Crippen LogP contribution in [0, 0.1) is 5.92 Å². The molecule has 4 rings (SSSR count). The van der Waals surface area contributed by atoms with Gasteiger partial charge in [-0.15, -0.1) is 0 Å². The van der Waals surface area contributed by atoms with Gasteiger partial charge in [-0.1, -0.05) is 30.7 Å². The molecule has 3 N–H and O–H groups in total. The second kappa shape index (κ2) is 13.0. The van der Waals surface area contributed by atoms with E-state index in [1.54, 1.807) is 0 Å². The lowest BCUT2D eigenvalue weighted by molar-refractivity contribution is 0.0404. The van der Waals surface area contributed by atoms with Crippen LogP contribution in [0.25, 0.3) is 0 Å². The molecule has 38 heavy (non-hydrogen) atoms. The number of likely N-dealkylation sites (N-methyl/N-ethyl adjacent to an activating group) is 1. The Bertz CT molecular complexity index is 1040. The Hall–Kier alpha value is -1.83. The summed E-state index contributed by atoms with van der Waals surface area (Å²) in [5.41, 5.74) is 3.03. The number of halogens is 1. The fourth-order valence-corrected chi connectivity index (χ4v) is 5.99. The summed E-state index contributed by atoms with van der Waals surface area (Å²) >= 11 is 6.19. The molecule has 4 atom stereocenters. The van der Waals surface area contributed by atoms with Crippen LogP contribution in [0.2, 0.25) is 0 Å². The van der Waals surface area contributed by atoms with Crippen LogP contribution in [-0.4, -0.2) is 71.1 Å². The van der Waals surface area contributed by atoms with Gasteiger partial charge in [0, 0.05) is 36.8 Å². The first-order chi connectivity index (χ1) is 18.1. The Morgan fingerprint density at radius 3 is 2.87 bits per heavy atom. The standard InChI is InChI=1S/C31H46ClN3O3/c1-5-16-34(4)21-27(30(37)24-9-12-28-23(19-24)13-15-31(2,3)38-28)33-29(36)18-22-14-17-35(20-22)26-8-6-7-25(32)10-11-26/h6,8-12,19,22,27,29-30,33,36-37H,5,7,13-18,20-21H2,1-4H3/t22?,27-,29+,30-/m1/s1. The normalized spacial score (nSPS) is 23.3. The average molecular weight is 544 g/mol. The second-order valence-corrected chi connectivity index (χ2v) is 12.4. The minimum absolute atomic E-state index is 0.160. The van der Waals surface area contributed by atoms with Gasteiger partial charge in [0.1, 0.15) is 17.6 Å². The number of hydrogen-bond acceptors (Lipinski definition) is 6. The van der Waals surface area contributed by atoms with E-state index in [2.05, 4.69) is 67.2 Å². The van der Waals surface area contributed by atoms with Crippen molar-refractivity contribution in [2.24, 2.45) is 5.92 Å². The summed E-state index contributed by atoms with van der Waals surface area (Å²) in [5, 5.41) is 26.8. The molecule has 0 amide bonds. The summed E-state index contributed by atoms with van der Waals surface area (Å²) in [6.45, 7) is 9.85. The SMILES string of the molecule is CCCN(C)C[C@@H](N[C@@H](O)CC1CCN(C2=CC=C(Cl)CC=C2)C1)[C@H](O)c1ccc2c(c1)CCC(C)(C)O2. The number of nitrogens with one attached hydrogen (secondary N) is 1. The van der Waals surface area contributed by atoms with E-state index in [4.69, 9.17) is 16.3 Å². The number of benzene rings is 1. The maximum absolute atomic E-state index is 11.5. The molecule has 0 radical (unpaired) electrons. The summed E-state index contributed by atoms with van der Waals surface area (Å²) in [6, 6.07) is 5.75. The van der Waals surface area contributed by atoms with Crippen molar-refractivity contribution < 1.29 is 14.9 Å². The minimum atomic E-state index is -0.734. The van der Waals surface area contributed by atoms with Gasteiger partial charge in [0.15, 0.2) is 0 Å². The number of aryl methyl sites for hydroxylation is 1. The van der Waals surface area contributed by atoms with Crippen LogP contribution < -0.4 is 10.1 Å². The number of fused-ring (bicyclic) bond motifs is 1. The van der Waals surface area contributed by atoms with Gasteiger partial charge in [-0.3, -0.25) is 5.32 Å². The number of hydrogen-bond donors (Lipinski definition) is 3. The largest absolute Gasteiger partial charge is 0.488 e. The molecule has 0 spiro atoms. The highest BCUT2D eigenvalue weighted by Crippen LogP contribution is 2.35. The first-order valence-corrected chi connectivity index (χ1v) is 14.6. The quantitative estimate of drug-likeness (QED) is 0.337. The van der Waals surface area contributed by atoms with Crippen molar-refractivity contribution in [1.29, 1.82) is 0 Å². The van der Waals surface area contributed by atoms with E-state index in [9.17, 15) is 10.2 Å². The molecule has 1 fully saturated rings. The van der Waals surface area contributed by atoms with Crippen LogP contribution in [0.15, 0.2) is 53.2 Å². The van der Waals surface area contributed by atoms with E-state index in [1.807, 2.05) is 18.2 Å². The minimum Gasteiger partial charge on any atom is -0.488 e. The van der Waals surface area contributed by atoms with Crippen molar-refractivity contribution in [2.45, 2.75) is 83.3 Å². The smallest absolute Gasteiger partial charge is 0.123 e. The van der Waals surface area contributed by atoms with Gasteiger partial charge in [-0.05, 0) is 107 Å². The molecule has 210 valence electrons. The number of aliphatic hydroxyl groups excluding tert-OH is 2. The molecule has 1 aromatic rings. The number of aliphatic hydroxyl groups is 2. The third-order valence-corrected chi connectivity index (χ3v) is 8.23. The van der Waals surface area contributed by atoms with E-state index >= 15 is 0 Å². The van der Waals surface area contributed by atoms with Crippen molar-refractivity contribution in [3.05, 3.63) is 64.4 Å². The number of rotatable bonds is 11. The summed E-state index contributed by atoms with van der Waals surface area (Å²) in [7, 11) is 2.07. The lowest BCUT2D eigenvalue weighted by atomic mass is 9.91. The van der Waals surface area contributed by atoms with Gasteiger partial charge < -0.3 is 24.7 Å². The first kappa shape index (κ1) is 29.2. The molecule has 1 aromatic carbocycles. The highest BCUT2D eigenvalue weighted by molar-refractivity contribution is 6.29. The Kier molecular flexibility index (Phi) is 9.99. The predicted molar refractivity (Wildman–Crippen MR) is 155 cm³/mol. The highest BCUT2D eigenvalue weighted by Gasteiger charge is 2.31. The molecule has 3 aliphatic rings. The second-order valence-electron chi connectivity index (χ2n) is 11.9. The number of likely N-dealkylation sites (tertiary alicyclic amines) is 1. The molecule has 1 saturated heterocycles. The Morgan fingerprint density at radius 2 is 2.08 bits per heavy atom. The molecule has 1 unspecified atom stereocenters. The Morgan fingerprint density at radius 1 is 1.26 bits per heavy atom. The maximum Gasteiger partial charge on any atom is 0.123 e. The third-order valence-electron chi connectivity index (χ3n) is 7.95. The van der Waals surface area contributed by atoms with Crippen molar-refractivity contribution in [3.8, 4) is 5.75 Å².